The maximum atomic E-state index is 12.3. The van der Waals surface area contributed by atoms with Gasteiger partial charge in [-0.2, -0.15) is 0 Å². The van der Waals surface area contributed by atoms with Gasteiger partial charge in [0.1, 0.15) is 0 Å². The average Bonchev–Trinajstić information content (AvgIpc) is 3.08. The van der Waals surface area contributed by atoms with E-state index in [0.29, 0.717) is 0 Å². The summed E-state index contributed by atoms with van der Waals surface area (Å²) in [5, 5.41) is 3.26. The maximum absolute atomic E-state index is 12.3. The molecule has 29 heavy (non-hydrogen) atoms. The average molecular weight is 459 g/mol. The second kappa shape index (κ2) is 8.68. The molecule has 1 N–H and O–H groups in total. The van der Waals surface area contributed by atoms with Crippen LogP contribution in [0.15, 0.2) is 78.9 Å². The first-order chi connectivity index (χ1) is 14.1. The molecule has 0 aliphatic heterocycles. The van der Waals surface area contributed by atoms with Crippen LogP contribution in [0.25, 0.3) is 11.0 Å². The standard InChI is InChI=1S/C22H17N3O3.Y/c26-20(21(27)28-14-15-6-2-1-3-7-15)16-10-12-17(13-11-16)23-22-24-18-8-4-5-9-19(18)25-22;/h1-13H,14H2,(H2,23,24,25,26,27);/q;+1/p-1. The topological polar surface area (TPSA) is 73.2 Å². The Hall–Kier alpha value is -2.83. The summed E-state index contributed by atoms with van der Waals surface area (Å²) in [5.74, 6) is -0.785. The molecule has 0 aliphatic rings. The fourth-order valence-electron chi connectivity index (χ4n) is 2.87. The molecule has 0 fully saturated rings. The van der Waals surface area contributed by atoms with Crippen LogP contribution in [0.4, 0.5) is 11.6 Å². The first kappa shape index (κ1) is 19.5. The number of ketones is 1. The molecular formula is C22H16N3O3Y. The van der Waals surface area contributed by atoms with Gasteiger partial charge >= 0.3 is 158 Å². The van der Waals surface area contributed by atoms with Crippen LogP contribution in [-0.2, 0) is 47.4 Å². The summed E-state index contributed by atoms with van der Waals surface area (Å²) in [6.07, 6.45) is 0. The molecule has 0 amide bonds. The van der Waals surface area contributed by atoms with Crippen molar-refractivity contribution in [2.24, 2.45) is 0 Å². The number of imidazole rings is 1. The normalized spacial score (nSPS) is 10.6. The molecule has 140 valence electrons. The van der Waals surface area contributed by atoms with Crippen LogP contribution in [0.5, 0.6) is 0 Å². The number of ether oxygens (including phenoxy) is 1. The van der Waals surface area contributed by atoms with E-state index in [2.05, 4.69) is 12.0 Å². The van der Waals surface area contributed by atoms with Crippen molar-refractivity contribution in [2.75, 3.05) is 5.32 Å². The molecule has 0 radical (unpaired) electrons. The van der Waals surface area contributed by atoms with E-state index in [4.69, 9.17) is 4.74 Å². The fraction of sp³-hybridized carbons (Fsp3) is 0.0455. The van der Waals surface area contributed by atoms with E-state index < -0.39 is 11.8 Å². The van der Waals surface area contributed by atoms with Crippen molar-refractivity contribution in [1.29, 1.82) is 0 Å². The summed E-state index contributed by atoms with van der Waals surface area (Å²) in [7, 11) is 0. The van der Waals surface area contributed by atoms with Crippen molar-refractivity contribution in [3.05, 3.63) is 90.0 Å². The summed E-state index contributed by atoms with van der Waals surface area (Å²) in [6.45, 7) is 0.0708. The number of nitrogens with zero attached hydrogens (tertiary/aromatic N) is 2. The zero-order valence-electron chi connectivity index (χ0n) is 15.4. The molecule has 4 aromatic rings. The first-order valence-corrected chi connectivity index (χ1v) is 10.2. The first-order valence-electron chi connectivity index (χ1n) is 8.97. The third kappa shape index (κ3) is 4.44. The van der Waals surface area contributed by atoms with Gasteiger partial charge in [0, 0.05) is 0 Å². The molecule has 0 bridgehead atoms. The number of hydrogen-bond acceptors (Lipinski definition) is 5. The van der Waals surface area contributed by atoms with Gasteiger partial charge in [0.15, 0.2) is 0 Å². The third-order valence-corrected chi connectivity index (χ3v) is 5.68. The van der Waals surface area contributed by atoms with E-state index in [1.54, 1.807) is 24.3 Å². The Kier molecular flexibility index (Phi) is 5.83. The second-order valence-corrected chi connectivity index (χ2v) is 7.66. The minimum absolute atomic E-state index is 0.0708. The quantitative estimate of drug-likeness (QED) is 0.268. The number of aromatic nitrogens is 2. The Labute approximate surface area is 187 Å². The third-order valence-electron chi connectivity index (χ3n) is 4.40. The Bertz CT molecular complexity index is 1170. The molecule has 0 atom stereocenters. The number of benzene rings is 3. The number of anilines is 2. The molecule has 0 unspecified atom stereocenters. The van der Waals surface area contributed by atoms with Gasteiger partial charge in [-0.3, -0.25) is 0 Å². The van der Waals surface area contributed by atoms with Gasteiger partial charge in [-0.1, -0.05) is 30.3 Å². The molecule has 0 saturated heterocycles. The number of para-hydroxylation sites is 2. The van der Waals surface area contributed by atoms with Crippen LogP contribution in [0.1, 0.15) is 15.9 Å². The van der Waals surface area contributed by atoms with Crippen LogP contribution in [-0.4, -0.2) is 18.4 Å². The zero-order chi connectivity index (χ0) is 20.2. The fourth-order valence-corrected chi connectivity index (χ4v) is 3.71. The Morgan fingerprint density at radius 3 is 2.34 bits per heavy atom. The van der Waals surface area contributed by atoms with Gasteiger partial charge in [0.05, 0.1) is 0 Å². The van der Waals surface area contributed by atoms with Crippen LogP contribution in [0.3, 0.4) is 0 Å². The predicted octanol–water partition coefficient (Wildman–Crippen LogP) is 4.02. The molecule has 1 heterocycles. The Balaban J connectivity index is 1.42. The van der Waals surface area contributed by atoms with E-state index in [9.17, 15) is 9.59 Å². The van der Waals surface area contributed by atoms with Crippen molar-refractivity contribution < 1.29 is 45.6 Å². The van der Waals surface area contributed by atoms with E-state index in [-0.39, 0.29) is 12.2 Å². The minimum atomic E-state index is -0.865. The molecule has 6 nitrogen and oxygen atoms in total. The number of hydrogen-bond donors (Lipinski definition) is 1. The number of fused-ring (bicyclic) bond motifs is 1. The number of nitrogens with one attached hydrogen (secondary N) is 1. The van der Waals surface area contributed by atoms with Crippen molar-refractivity contribution >= 4 is 34.4 Å². The van der Waals surface area contributed by atoms with E-state index in [1.807, 2.05) is 54.6 Å². The molecule has 0 aliphatic carbocycles. The molecule has 7 heteroatoms. The monoisotopic (exact) mass is 459 g/mol. The van der Waals surface area contributed by atoms with E-state index in [1.165, 1.54) is 0 Å². The molecule has 3 aromatic carbocycles. The molecule has 0 spiro atoms. The SMILES string of the molecule is O=C(OCc1ccccc1)C(=O)c1ccc(Nc2nc3ccccc3[n]2[Y])cc1. The van der Waals surface area contributed by atoms with E-state index in [0.717, 1.165) is 59.5 Å². The summed E-state index contributed by atoms with van der Waals surface area (Å²) >= 11 is 0.854. The second-order valence-electron chi connectivity index (χ2n) is 6.39. The van der Waals surface area contributed by atoms with Gasteiger partial charge in [-0.05, 0) is 0 Å². The molecular weight excluding hydrogens is 443 g/mol. The van der Waals surface area contributed by atoms with Gasteiger partial charge in [-0.15, -0.1) is 0 Å². The van der Waals surface area contributed by atoms with Crippen LogP contribution in [0, 0.1) is 0 Å². The van der Waals surface area contributed by atoms with Crippen molar-refractivity contribution in [1.82, 2.24) is 6.68 Å². The predicted molar refractivity (Wildman–Crippen MR) is 105 cm³/mol. The Morgan fingerprint density at radius 1 is 0.931 bits per heavy atom. The molecule has 1 aromatic heterocycles. The summed E-state index contributed by atoms with van der Waals surface area (Å²) in [6, 6.07) is 23.9. The van der Waals surface area contributed by atoms with Gasteiger partial charge in [0.2, 0.25) is 0 Å². The number of Topliss-reactive ketones (excluding diaryl/α,β-unsaturated/α-hetero) is 1. The summed E-state index contributed by atoms with van der Waals surface area (Å²) in [5.41, 5.74) is 3.90. The van der Waals surface area contributed by atoms with Crippen molar-refractivity contribution in [3.8, 4) is 0 Å². The number of rotatable bonds is 6. The van der Waals surface area contributed by atoms with Crippen LogP contribution < -0.4 is 5.32 Å². The van der Waals surface area contributed by atoms with E-state index >= 15 is 0 Å². The van der Waals surface area contributed by atoms with Gasteiger partial charge in [0.25, 0.3) is 0 Å². The molecule has 0 saturated carbocycles. The van der Waals surface area contributed by atoms with Crippen LogP contribution in [0.2, 0.25) is 0 Å². The summed E-state index contributed by atoms with van der Waals surface area (Å²) in [4.78, 5) is 28.9. The van der Waals surface area contributed by atoms with Gasteiger partial charge < -0.3 is 0 Å². The van der Waals surface area contributed by atoms with Gasteiger partial charge in [-0.25, -0.2) is 0 Å². The number of esters is 1. The number of carbonyl (C=O) groups excluding carboxylic acids is 2. The Morgan fingerprint density at radius 2 is 1.62 bits per heavy atom. The summed E-state index contributed by atoms with van der Waals surface area (Å²) < 4.78 is 7.19. The number of carbonyl (C=O) groups is 2. The molecule has 4 rings (SSSR count). The van der Waals surface area contributed by atoms with Crippen molar-refractivity contribution in [2.45, 2.75) is 6.61 Å². The van der Waals surface area contributed by atoms with Crippen molar-refractivity contribution in [3.63, 3.8) is 0 Å². The van der Waals surface area contributed by atoms with Crippen LogP contribution >= 0.6 is 0 Å². The zero-order valence-corrected chi connectivity index (χ0v) is 18.2.